The highest BCUT2D eigenvalue weighted by molar-refractivity contribution is 5.77. The molecule has 8 heteroatoms. The van der Waals surface area contributed by atoms with Gasteiger partial charge in [-0.1, -0.05) is 24.2 Å². The molecule has 1 aliphatic carbocycles. The van der Waals surface area contributed by atoms with Crippen LogP contribution in [-0.2, 0) is 0 Å². The van der Waals surface area contributed by atoms with Gasteiger partial charge in [0.05, 0.1) is 18.2 Å². The van der Waals surface area contributed by atoms with Gasteiger partial charge in [-0.3, -0.25) is 0 Å². The van der Waals surface area contributed by atoms with E-state index >= 15 is 0 Å². The number of aromatic nitrogens is 2. The Morgan fingerprint density at radius 2 is 2.03 bits per heavy atom. The number of hydrogen-bond donors (Lipinski definition) is 0. The molecule has 32 heavy (non-hydrogen) atoms. The molecule has 1 aliphatic rings. The SMILES string of the molecule is CC(N=[N+]=[N-])c1ccc2nc(-c3ccc(Oc4cccc(OCC5CC5)c4)nc3)oc2c1. The van der Waals surface area contributed by atoms with Crippen molar-refractivity contribution >= 4 is 11.1 Å². The second-order valence-electron chi connectivity index (χ2n) is 7.84. The van der Waals surface area contributed by atoms with E-state index in [9.17, 15) is 0 Å². The summed E-state index contributed by atoms with van der Waals surface area (Å²) >= 11 is 0. The Bertz CT molecular complexity index is 1290. The molecule has 0 spiro atoms. The number of nitrogens with zero attached hydrogens (tertiary/aromatic N) is 5. The maximum atomic E-state index is 8.64. The lowest BCUT2D eigenvalue weighted by Gasteiger charge is -2.08. The molecule has 1 unspecified atom stereocenters. The molecular weight excluding hydrogens is 406 g/mol. The molecule has 0 bridgehead atoms. The normalized spacial score (nSPS) is 14.0. The average Bonchev–Trinajstić information content (AvgIpc) is 3.55. The van der Waals surface area contributed by atoms with Crippen molar-refractivity contribution < 1.29 is 13.9 Å². The number of hydrogen-bond acceptors (Lipinski definition) is 6. The van der Waals surface area contributed by atoms with Crippen molar-refractivity contribution in [2.45, 2.75) is 25.8 Å². The zero-order valence-corrected chi connectivity index (χ0v) is 17.5. The molecule has 5 rings (SSSR count). The third-order valence-corrected chi connectivity index (χ3v) is 5.31. The summed E-state index contributed by atoms with van der Waals surface area (Å²) in [6, 6.07) is 16.5. The van der Waals surface area contributed by atoms with Crippen molar-refractivity contribution in [3.8, 4) is 28.8 Å². The highest BCUT2D eigenvalue weighted by Gasteiger charge is 2.22. The highest BCUT2D eigenvalue weighted by Crippen LogP contribution is 2.31. The van der Waals surface area contributed by atoms with Gasteiger partial charge in [0, 0.05) is 23.2 Å². The van der Waals surface area contributed by atoms with E-state index < -0.39 is 0 Å². The van der Waals surface area contributed by atoms with Gasteiger partial charge in [-0.25, -0.2) is 9.97 Å². The van der Waals surface area contributed by atoms with Gasteiger partial charge < -0.3 is 13.9 Å². The fourth-order valence-corrected chi connectivity index (χ4v) is 3.28. The van der Waals surface area contributed by atoms with Crippen LogP contribution in [0.5, 0.6) is 17.4 Å². The first kappa shape index (κ1) is 19.9. The first-order chi connectivity index (χ1) is 15.7. The minimum Gasteiger partial charge on any atom is -0.493 e. The summed E-state index contributed by atoms with van der Waals surface area (Å²) in [5.41, 5.74) is 11.6. The Balaban J connectivity index is 1.30. The number of fused-ring (bicyclic) bond motifs is 1. The van der Waals surface area contributed by atoms with Gasteiger partial charge in [-0.2, -0.15) is 0 Å². The molecule has 1 saturated carbocycles. The number of benzene rings is 2. The lowest BCUT2D eigenvalue weighted by Crippen LogP contribution is -1.98. The summed E-state index contributed by atoms with van der Waals surface area (Å²) in [4.78, 5) is 11.8. The molecule has 0 saturated heterocycles. The van der Waals surface area contributed by atoms with Crippen LogP contribution in [0.15, 0.2) is 70.3 Å². The van der Waals surface area contributed by atoms with Crippen LogP contribution in [0.1, 0.15) is 31.4 Å². The molecule has 2 heterocycles. The van der Waals surface area contributed by atoms with E-state index in [1.165, 1.54) is 12.8 Å². The Morgan fingerprint density at radius 3 is 2.81 bits per heavy atom. The largest absolute Gasteiger partial charge is 0.493 e. The van der Waals surface area contributed by atoms with Crippen molar-refractivity contribution in [1.29, 1.82) is 0 Å². The minimum atomic E-state index is -0.284. The Labute approximate surface area is 184 Å². The number of azide groups is 1. The fourth-order valence-electron chi connectivity index (χ4n) is 3.28. The van der Waals surface area contributed by atoms with Gasteiger partial charge in [-0.05, 0) is 60.2 Å². The van der Waals surface area contributed by atoms with Gasteiger partial charge in [0.2, 0.25) is 11.8 Å². The highest BCUT2D eigenvalue weighted by atomic mass is 16.5. The summed E-state index contributed by atoms with van der Waals surface area (Å²) < 4.78 is 17.6. The van der Waals surface area contributed by atoms with Crippen molar-refractivity contribution in [3.05, 3.63) is 76.8 Å². The van der Waals surface area contributed by atoms with E-state index in [0.717, 1.165) is 29.0 Å². The first-order valence-corrected chi connectivity index (χ1v) is 10.5. The van der Waals surface area contributed by atoms with Gasteiger partial charge in [-0.15, -0.1) is 0 Å². The maximum absolute atomic E-state index is 8.64. The van der Waals surface area contributed by atoms with Crippen molar-refractivity contribution in [1.82, 2.24) is 9.97 Å². The summed E-state index contributed by atoms with van der Waals surface area (Å²) in [5.74, 6) is 3.09. The second-order valence-corrected chi connectivity index (χ2v) is 7.84. The smallest absolute Gasteiger partial charge is 0.228 e. The lowest BCUT2D eigenvalue weighted by atomic mass is 10.1. The Morgan fingerprint density at radius 1 is 1.16 bits per heavy atom. The molecule has 8 nitrogen and oxygen atoms in total. The average molecular weight is 427 g/mol. The van der Waals surface area contributed by atoms with E-state index in [-0.39, 0.29) is 6.04 Å². The van der Waals surface area contributed by atoms with E-state index in [0.29, 0.717) is 29.0 Å². The van der Waals surface area contributed by atoms with Crippen LogP contribution in [0, 0.1) is 5.92 Å². The predicted octanol–water partition coefficient (Wildman–Crippen LogP) is 6.84. The molecule has 0 N–H and O–H groups in total. The zero-order chi connectivity index (χ0) is 21.9. The molecule has 2 aromatic heterocycles. The van der Waals surface area contributed by atoms with Crippen molar-refractivity contribution in [3.63, 3.8) is 0 Å². The monoisotopic (exact) mass is 427 g/mol. The summed E-state index contributed by atoms with van der Waals surface area (Å²) in [6.45, 7) is 2.59. The number of ether oxygens (including phenoxy) is 2. The van der Waals surface area contributed by atoms with Crippen molar-refractivity contribution in [2.24, 2.45) is 11.0 Å². The molecule has 2 aromatic carbocycles. The molecule has 0 amide bonds. The second kappa shape index (κ2) is 8.61. The van der Waals surface area contributed by atoms with Crippen LogP contribution in [0.2, 0.25) is 0 Å². The quantitative estimate of drug-likeness (QED) is 0.174. The maximum Gasteiger partial charge on any atom is 0.228 e. The standard InChI is InChI=1S/C24H21N5O3/c1-15(28-29-25)17-7-9-21-22(11-17)32-24(27-21)18-8-10-23(26-13-18)31-20-4-2-3-19(12-20)30-14-16-5-6-16/h2-4,7-13,15-16H,5-6,14H2,1H3. The third-order valence-electron chi connectivity index (χ3n) is 5.31. The van der Waals surface area contributed by atoms with Crippen LogP contribution >= 0.6 is 0 Å². The summed E-state index contributed by atoms with van der Waals surface area (Å²) in [5, 5.41) is 3.72. The van der Waals surface area contributed by atoms with Gasteiger partial charge in [0.15, 0.2) is 5.58 Å². The van der Waals surface area contributed by atoms with E-state index in [1.54, 1.807) is 12.3 Å². The van der Waals surface area contributed by atoms with Crippen LogP contribution < -0.4 is 9.47 Å². The first-order valence-electron chi connectivity index (χ1n) is 10.5. The zero-order valence-electron chi connectivity index (χ0n) is 17.5. The summed E-state index contributed by atoms with van der Waals surface area (Å²) in [6.07, 6.45) is 4.17. The predicted molar refractivity (Wildman–Crippen MR) is 120 cm³/mol. The molecule has 0 radical (unpaired) electrons. The van der Waals surface area contributed by atoms with Crippen LogP contribution in [-0.4, -0.2) is 16.6 Å². The number of pyridine rings is 1. The fraction of sp³-hybridized carbons (Fsp3) is 0.250. The molecule has 160 valence electrons. The molecule has 4 aromatic rings. The minimum absolute atomic E-state index is 0.284. The van der Waals surface area contributed by atoms with Crippen LogP contribution in [0.3, 0.4) is 0 Å². The van der Waals surface area contributed by atoms with Gasteiger partial charge >= 0.3 is 0 Å². The molecule has 1 atom stereocenters. The van der Waals surface area contributed by atoms with Crippen LogP contribution in [0.25, 0.3) is 33.0 Å². The Kier molecular flexibility index (Phi) is 5.35. The van der Waals surface area contributed by atoms with Crippen LogP contribution in [0.4, 0.5) is 0 Å². The van der Waals surface area contributed by atoms with Gasteiger partial charge in [0.1, 0.15) is 17.0 Å². The Hall–Kier alpha value is -4.03. The number of rotatable bonds is 8. The molecule has 0 aliphatic heterocycles. The number of oxazole rings is 1. The van der Waals surface area contributed by atoms with E-state index in [2.05, 4.69) is 20.0 Å². The van der Waals surface area contributed by atoms with Crippen molar-refractivity contribution in [2.75, 3.05) is 6.61 Å². The molecule has 1 fully saturated rings. The third kappa shape index (κ3) is 4.50. The lowest BCUT2D eigenvalue weighted by molar-refractivity contribution is 0.298. The topological polar surface area (TPSA) is 106 Å². The van der Waals surface area contributed by atoms with Gasteiger partial charge in [0.25, 0.3) is 0 Å². The summed E-state index contributed by atoms with van der Waals surface area (Å²) in [7, 11) is 0. The van der Waals surface area contributed by atoms with E-state index in [4.69, 9.17) is 19.4 Å². The van der Waals surface area contributed by atoms with E-state index in [1.807, 2.05) is 55.5 Å². The molecular formula is C24H21N5O3.